The fraction of sp³-hybridized carbons (Fsp3) is 0.733. The van der Waals surface area contributed by atoms with E-state index < -0.39 is 18.6 Å². The van der Waals surface area contributed by atoms with E-state index in [0.29, 0.717) is 17.0 Å². The van der Waals surface area contributed by atoms with E-state index in [1.54, 1.807) is 20.8 Å². The molecule has 4 nitrogen and oxygen atoms in total. The third-order valence-corrected chi connectivity index (χ3v) is 5.31. The fourth-order valence-electron chi connectivity index (χ4n) is 2.97. The first-order chi connectivity index (χ1) is 10.7. The number of hydrogen-bond donors (Lipinski definition) is 1. The summed E-state index contributed by atoms with van der Waals surface area (Å²) in [4.78, 5) is 12.4. The van der Waals surface area contributed by atoms with Crippen molar-refractivity contribution in [3.8, 4) is 0 Å². The van der Waals surface area contributed by atoms with Gasteiger partial charge in [0.1, 0.15) is 6.54 Å². The van der Waals surface area contributed by atoms with Crippen molar-refractivity contribution in [1.82, 2.24) is 15.1 Å². The first-order valence-corrected chi connectivity index (χ1v) is 8.83. The van der Waals surface area contributed by atoms with E-state index in [-0.39, 0.29) is 11.9 Å². The molecular weight excluding hydrogens is 327 g/mol. The zero-order valence-electron chi connectivity index (χ0n) is 13.5. The lowest BCUT2D eigenvalue weighted by molar-refractivity contribution is -0.143. The van der Waals surface area contributed by atoms with Crippen LogP contribution in [-0.4, -0.2) is 39.4 Å². The minimum atomic E-state index is -4.33. The predicted octanol–water partition coefficient (Wildman–Crippen LogP) is 3.18. The average Bonchev–Trinajstić information content (AvgIpc) is 2.71. The van der Waals surface area contributed by atoms with Crippen LogP contribution < -0.4 is 5.32 Å². The molecule has 8 heteroatoms. The van der Waals surface area contributed by atoms with Crippen LogP contribution in [0, 0.1) is 13.8 Å². The van der Waals surface area contributed by atoms with Crippen molar-refractivity contribution in [3.05, 3.63) is 17.0 Å². The Morgan fingerprint density at radius 3 is 2.74 bits per heavy atom. The molecule has 0 spiro atoms. The molecule has 1 saturated heterocycles. The summed E-state index contributed by atoms with van der Waals surface area (Å²) in [6.45, 7) is 3.82. The SMILES string of the molecule is Cc1nn(CC(F)(F)F)c(C)c1[C@H](C)C(=O)N[C@@H]1CCCSC1. The van der Waals surface area contributed by atoms with Crippen LogP contribution in [0.2, 0.25) is 0 Å². The van der Waals surface area contributed by atoms with Gasteiger partial charge in [0.05, 0.1) is 11.6 Å². The Kier molecular flexibility index (Phi) is 5.65. The molecule has 0 bridgehead atoms. The molecule has 1 aromatic heterocycles. The molecule has 1 fully saturated rings. The van der Waals surface area contributed by atoms with Crippen LogP contribution in [0.3, 0.4) is 0 Å². The van der Waals surface area contributed by atoms with Crippen molar-refractivity contribution in [2.24, 2.45) is 0 Å². The van der Waals surface area contributed by atoms with Gasteiger partial charge >= 0.3 is 6.18 Å². The summed E-state index contributed by atoms with van der Waals surface area (Å²) in [6.07, 6.45) is -2.30. The number of nitrogens with zero attached hydrogens (tertiary/aromatic N) is 2. The first-order valence-electron chi connectivity index (χ1n) is 7.68. The number of thioether (sulfide) groups is 1. The second-order valence-electron chi connectivity index (χ2n) is 6.00. The maximum atomic E-state index is 12.6. The molecule has 0 unspecified atom stereocenters. The molecule has 0 radical (unpaired) electrons. The molecule has 2 heterocycles. The van der Waals surface area contributed by atoms with E-state index in [9.17, 15) is 18.0 Å². The number of halogens is 3. The number of alkyl halides is 3. The van der Waals surface area contributed by atoms with Crippen molar-refractivity contribution < 1.29 is 18.0 Å². The number of nitrogens with one attached hydrogen (secondary N) is 1. The second-order valence-corrected chi connectivity index (χ2v) is 7.15. The van der Waals surface area contributed by atoms with Gasteiger partial charge in [0.15, 0.2) is 0 Å². The van der Waals surface area contributed by atoms with Crippen molar-refractivity contribution in [2.45, 2.75) is 58.3 Å². The molecule has 0 aromatic carbocycles. The summed E-state index contributed by atoms with van der Waals surface area (Å²) in [5.41, 5.74) is 1.48. The lowest BCUT2D eigenvalue weighted by Gasteiger charge is -2.24. The van der Waals surface area contributed by atoms with Gasteiger partial charge in [-0.1, -0.05) is 0 Å². The predicted molar refractivity (Wildman–Crippen MR) is 84.7 cm³/mol. The second kappa shape index (κ2) is 7.15. The molecule has 1 aliphatic heterocycles. The maximum absolute atomic E-state index is 12.6. The van der Waals surface area contributed by atoms with Crippen molar-refractivity contribution in [3.63, 3.8) is 0 Å². The monoisotopic (exact) mass is 349 g/mol. The molecule has 1 amide bonds. The van der Waals surface area contributed by atoms with Gasteiger partial charge in [-0.15, -0.1) is 0 Å². The fourth-order valence-corrected chi connectivity index (χ4v) is 4.05. The molecule has 23 heavy (non-hydrogen) atoms. The molecular formula is C15H22F3N3OS. The Morgan fingerprint density at radius 1 is 1.48 bits per heavy atom. The Labute approximate surface area is 138 Å². The number of aromatic nitrogens is 2. The highest BCUT2D eigenvalue weighted by molar-refractivity contribution is 7.99. The van der Waals surface area contributed by atoms with Gasteiger partial charge in [-0.2, -0.15) is 30.0 Å². The number of amides is 1. The molecule has 130 valence electrons. The van der Waals surface area contributed by atoms with Gasteiger partial charge in [0, 0.05) is 23.1 Å². The highest BCUT2D eigenvalue weighted by Crippen LogP contribution is 2.27. The van der Waals surface area contributed by atoms with Crippen LogP contribution in [0.5, 0.6) is 0 Å². The zero-order valence-corrected chi connectivity index (χ0v) is 14.4. The standard InChI is InChI=1S/C15H22F3N3OS/c1-9(14(22)19-12-5-4-6-23-7-12)13-10(2)20-21(11(13)3)8-15(16,17)18/h9,12H,4-8H2,1-3H3,(H,19,22)/t9-,12+/m0/s1. The van der Waals surface area contributed by atoms with Gasteiger partial charge in [0.25, 0.3) is 0 Å². The normalized spacial score (nSPS) is 20.3. The summed E-state index contributed by atoms with van der Waals surface area (Å²) < 4.78 is 38.7. The van der Waals surface area contributed by atoms with Gasteiger partial charge in [-0.05, 0) is 39.4 Å². The lowest BCUT2D eigenvalue weighted by Crippen LogP contribution is -2.40. The third-order valence-electron chi connectivity index (χ3n) is 4.10. The summed E-state index contributed by atoms with van der Waals surface area (Å²) in [5.74, 6) is 1.35. The van der Waals surface area contributed by atoms with Crippen LogP contribution in [-0.2, 0) is 11.3 Å². The van der Waals surface area contributed by atoms with Crippen molar-refractivity contribution in [1.29, 1.82) is 0 Å². The summed E-state index contributed by atoms with van der Waals surface area (Å²) in [7, 11) is 0. The largest absolute Gasteiger partial charge is 0.408 e. The van der Waals surface area contributed by atoms with Gasteiger partial charge < -0.3 is 5.32 Å². The Hall–Kier alpha value is -1.18. The summed E-state index contributed by atoms with van der Waals surface area (Å²) >= 11 is 1.81. The highest BCUT2D eigenvalue weighted by atomic mass is 32.2. The van der Waals surface area contributed by atoms with Crippen LogP contribution >= 0.6 is 11.8 Å². The van der Waals surface area contributed by atoms with Gasteiger partial charge in [0.2, 0.25) is 5.91 Å². The third kappa shape index (κ3) is 4.65. The number of carbonyl (C=O) groups excluding carboxylic acids is 1. The lowest BCUT2D eigenvalue weighted by atomic mass is 9.97. The first kappa shape index (κ1) is 18.2. The minimum Gasteiger partial charge on any atom is -0.352 e. The molecule has 0 aliphatic carbocycles. The Balaban J connectivity index is 2.11. The zero-order chi connectivity index (χ0) is 17.2. The maximum Gasteiger partial charge on any atom is 0.408 e. The van der Waals surface area contributed by atoms with E-state index in [4.69, 9.17) is 0 Å². The molecule has 2 atom stereocenters. The Bertz CT molecular complexity index is 565. The van der Waals surface area contributed by atoms with E-state index in [1.165, 1.54) is 0 Å². The number of aryl methyl sites for hydroxylation is 1. The van der Waals surface area contributed by atoms with E-state index >= 15 is 0 Å². The van der Waals surface area contributed by atoms with Crippen LogP contribution in [0.4, 0.5) is 13.2 Å². The average molecular weight is 349 g/mol. The molecule has 1 N–H and O–H groups in total. The van der Waals surface area contributed by atoms with E-state index in [0.717, 1.165) is 29.0 Å². The van der Waals surface area contributed by atoms with Crippen LogP contribution in [0.1, 0.15) is 42.6 Å². The van der Waals surface area contributed by atoms with Gasteiger partial charge in [-0.3, -0.25) is 9.48 Å². The molecule has 1 aliphatic rings. The van der Waals surface area contributed by atoms with Crippen molar-refractivity contribution >= 4 is 17.7 Å². The van der Waals surface area contributed by atoms with Crippen LogP contribution in [0.15, 0.2) is 0 Å². The molecule has 2 rings (SSSR count). The van der Waals surface area contributed by atoms with E-state index in [1.807, 2.05) is 11.8 Å². The highest BCUT2D eigenvalue weighted by Gasteiger charge is 2.32. The quantitative estimate of drug-likeness (QED) is 0.908. The smallest absolute Gasteiger partial charge is 0.352 e. The summed E-state index contributed by atoms with van der Waals surface area (Å²) in [6, 6.07) is 0.148. The van der Waals surface area contributed by atoms with Crippen LogP contribution in [0.25, 0.3) is 0 Å². The molecule has 0 saturated carbocycles. The van der Waals surface area contributed by atoms with E-state index in [2.05, 4.69) is 10.4 Å². The number of rotatable bonds is 4. The topological polar surface area (TPSA) is 46.9 Å². The summed E-state index contributed by atoms with van der Waals surface area (Å²) in [5, 5.41) is 6.97. The van der Waals surface area contributed by atoms with Gasteiger partial charge in [-0.25, -0.2) is 0 Å². The number of carbonyl (C=O) groups is 1. The molecule has 1 aromatic rings. The Morgan fingerprint density at radius 2 is 2.17 bits per heavy atom. The minimum absolute atomic E-state index is 0.143. The number of hydrogen-bond acceptors (Lipinski definition) is 3. The van der Waals surface area contributed by atoms with Crippen molar-refractivity contribution in [2.75, 3.05) is 11.5 Å².